The van der Waals surface area contributed by atoms with Gasteiger partial charge in [0.25, 0.3) is 0 Å². The molecule has 0 radical (unpaired) electrons. The lowest BCUT2D eigenvalue weighted by Crippen LogP contribution is -2.21. The van der Waals surface area contributed by atoms with E-state index in [0.29, 0.717) is 13.2 Å². The van der Waals surface area contributed by atoms with Crippen LogP contribution in [-0.2, 0) is 16.1 Å². The van der Waals surface area contributed by atoms with Crippen molar-refractivity contribution in [1.29, 1.82) is 0 Å². The Bertz CT molecular complexity index is 306. The van der Waals surface area contributed by atoms with Gasteiger partial charge in [0.2, 0.25) is 0 Å². The third kappa shape index (κ3) is 3.50. The molecule has 0 bridgehead atoms. The van der Waals surface area contributed by atoms with E-state index >= 15 is 0 Å². The van der Waals surface area contributed by atoms with E-state index in [0.717, 1.165) is 13.0 Å². The van der Waals surface area contributed by atoms with Crippen LogP contribution in [0, 0.1) is 0 Å². The lowest BCUT2D eigenvalue weighted by atomic mass is 10.2. The first-order valence-corrected chi connectivity index (χ1v) is 5.33. The summed E-state index contributed by atoms with van der Waals surface area (Å²) in [6.45, 7) is 2.07. The predicted molar refractivity (Wildman–Crippen MR) is 59.6 cm³/mol. The lowest BCUT2D eigenvalue weighted by Gasteiger charge is -2.18. The molecule has 80 valence electrons. The molecular weight excluding hydrogens is 188 g/mol. The molecule has 2 nitrogen and oxygen atoms in total. The Morgan fingerprint density at radius 2 is 2.07 bits per heavy atom. The molecule has 1 heterocycles. The summed E-state index contributed by atoms with van der Waals surface area (Å²) in [6.07, 6.45) is 5.40. The molecule has 0 saturated heterocycles. The Kier molecular flexibility index (Phi) is 3.94. The highest BCUT2D eigenvalue weighted by Crippen LogP contribution is 2.08. The normalized spacial score (nSPS) is 20.4. The van der Waals surface area contributed by atoms with Gasteiger partial charge in [-0.3, -0.25) is 0 Å². The molecule has 0 aliphatic carbocycles. The molecule has 0 aromatic heterocycles. The first kappa shape index (κ1) is 10.4. The molecule has 0 saturated carbocycles. The summed E-state index contributed by atoms with van der Waals surface area (Å²) in [6, 6.07) is 10.2. The number of hydrogen-bond donors (Lipinski definition) is 0. The lowest BCUT2D eigenvalue weighted by molar-refractivity contribution is -0.0143. The van der Waals surface area contributed by atoms with Crippen LogP contribution in [0.5, 0.6) is 0 Å². The molecule has 15 heavy (non-hydrogen) atoms. The Labute approximate surface area is 90.5 Å². The fraction of sp³-hybridized carbons (Fsp3) is 0.385. The summed E-state index contributed by atoms with van der Waals surface area (Å²) in [5.74, 6) is 0. The molecule has 1 aromatic rings. The summed E-state index contributed by atoms with van der Waals surface area (Å²) < 4.78 is 11.1. The zero-order valence-electron chi connectivity index (χ0n) is 8.76. The number of ether oxygens (including phenoxy) is 2. The van der Waals surface area contributed by atoms with Crippen LogP contribution < -0.4 is 0 Å². The van der Waals surface area contributed by atoms with Crippen LogP contribution in [0.25, 0.3) is 0 Å². The van der Waals surface area contributed by atoms with Gasteiger partial charge in [0.15, 0.2) is 0 Å². The van der Waals surface area contributed by atoms with E-state index < -0.39 is 0 Å². The van der Waals surface area contributed by atoms with Crippen molar-refractivity contribution in [1.82, 2.24) is 0 Å². The second-order valence-corrected chi connectivity index (χ2v) is 3.66. The van der Waals surface area contributed by atoms with E-state index in [2.05, 4.69) is 18.2 Å². The van der Waals surface area contributed by atoms with Crippen LogP contribution in [0.3, 0.4) is 0 Å². The topological polar surface area (TPSA) is 18.5 Å². The first-order chi connectivity index (χ1) is 7.45. The minimum absolute atomic E-state index is 0.235. The zero-order chi connectivity index (χ0) is 10.3. The van der Waals surface area contributed by atoms with E-state index in [9.17, 15) is 0 Å². The molecule has 1 aliphatic rings. The Morgan fingerprint density at radius 1 is 1.20 bits per heavy atom. The van der Waals surface area contributed by atoms with Crippen LogP contribution in [0.15, 0.2) is 42.5 Å². The summed E-state index contributed by atoms with van der Waals surface area (Å²) in [7, 11) is 0. The highest BCUT2D eigenvalue weighted by molar-refractivity contribution is 5.13. The van der Waals surface area contributed by atoms with Crippen molar-refractivity contribution in [2.75, 3.05) is 13.2 Å². The average Bonchev–Trinajstić information content (AvgIpc) is 2.32. The quantitative estimate of drug-likeness (QED) is 0.702. The summed E-state index contributed by atoms with van der Waals surface area (Å²) in [4.78, 5) is 0. The van der Waals surface area contributed by atoms with Gasteiger partial charge in [-0.05, 0) is 12.0 Å². The van der Waals surface area contributed by atoms with Gasteiger partial charge in [0.1, 0.15) is 0 Å². The molecule has 0 spiro atoms. The predicted octanol–water partition coefficient (Wildman–Crippen LogP) is 2.55. The first-order valence-electron chi connectivity index (χ1n) is 5.33. The van der Waals surface area contributed by atoms with E-state index in [1.807, 2.05) is 24.3 Å². The molecule has 1 atom stereocenters. The second kappa shape index (κ2) is 5.69. The molecular formula is C13H16O2. The maximum Gasteiger partial charge on any atom is 0.0847 e. The van der Waals surface area contributed by atoms with Crippen LogP contribution in [0.1, 0.15) is 12.0 Å². The largest absolute Gasteiger partial charge is 0.374 e. The third-order valence-corrected chi connectivity index (χ3v) is 2.41. The molecule has 2 rings (SSSR count). The number of rotatable bonds is 4. The van der Waals surface area contributed by atoms with E-state index in [4.69, 9.17) is 9.47 Å². The van der Waals surface area contributed by atoms with Gasteiger partial charge in [-0.15, -0.1) is 0 Å². The van der Waals surface area contributed by atoms with Crippen molar-refractivity contribution < 1.29 is 9.47 Å². The standard InChI is InChI=1S/C13H16O2/c1-2-6-12(7-3-1)10-14-11-13-8-4-5-9-15-13/h1-7,13H,8-11H2. The van der Waals surface area contributed by atoms with Crippen LogP contribution in [0.4, 0.5) is 0 Å². The summed E-state index contributed by atoms with van der Waals surface area (Å²) in [5.41, 5.74) is 1.21. The Balaban J connectivity index is 1.68. The van der Waals surface area contributed by atoms with Gasteiger partial charge >= 0.3 is 0 Å². The van der Waals surface area contributed by atoms with Crippen molar-refractivity contribution in [3.05, 3.63) is 48.0 Å². The third-order valence-electron chi connectivity index (χ3n) is 2.41. The zero-order valence-corrected chi connectivity index (χ0v) is 8.76. The molecule has 0 amide bonds. The number of benzene rings is 1. The van der Waals surface area contributed by atoms with Crippen molar-refractivity contribution in [3.8, 4) is 0 Å². The average molecular weight is 204 g/mol. The van der Waals surface area contributed by atoms with Crippen molar-refractivity contribution >= 4 is 0 Å². The maximum absolute atomic E-state index is 5.60. The smallest absolute Gasteiger partial charge is 0.0847 e. The van der Waals surface area contributed by atoms with Gasteiger partial charge in [-0.25, -0.2) is 0 Å². The molecule has 0 fully saturated rings. The van der Waals surface area contributed by atoms with Gasteiger partial charge in [0, 0.05) is 0 Å². The van der Waals surface area contributed by atoms with Gasteiger partial charge in [0.05, 0.1) is 25.9 Å². The minimum Gasteiger partial charge on any atom is -0.374 e. The van der Waals surface area contributed by atoms with Crippen molar-refractivity contribution in [3.63, 3.8) is 0 Å². The van der Waals surface area contributed by atoms with Crippen molar-refractivity contribution in [2.24, 2.45) is 0 Å². The van der Waals surface area contributed by atoms with Crippen molar-refractivity contribution in [2.45, 2.75) is 19.1 Å². The van der Waals surface area contributed by atoms with Gasteiger partial charge in [-0.1, -0.05) is 42.5 Å². The van der Waals surface area contributed by atoms with E-state index in [1.165, 1.54) is 5.56 Å². The number of hydrogen-bond acceptors (Lipinski definition) is 2. The Hall–Kier alpha value is -1.12. The van der Waals surface area contributed by atoms with Gasteiger partial charge < -0.3 is 9.47 Å². The Morgan fingerprint density at radius 3 is 2.80 bits per heavy atom. The van der Waals surface area contributed by atoms with Crippen LogP contribution >= 0.6 is 0 Å². The molecule has 2 heteroatoms. The summed E-state index contributed by atoms with van der Waals surface area (Å²) >= 11 is 0. The maximum atomic E-state index is 5.60. The van der Waals surface area contributed by atoms with Gasteiger partial charge in [-0.2, -0.15) is 0 Å². The molecule has 1 unspecified atom stereocenters. The molecule has 0 N–H and O–H groups in total. The minimum atomic E-state index is 0.235. The van der Waals surface area contributed by atoms with Crippen LogP contribution in [0.2, 0.25) is 0 Å². The van der Waals surface area contributed by atoms with E-state index in [1.54, 1.807) is 0 Å². The van der Waals surface area contributed by atoms with Crippen LogP contribution in [-0.4, -0.2) is 19.3 Å². The molecule has 1 aromatic carbocycles. The molecule has 1 aliphatic heterocycles. The highest BCUT2D eigenvalue weighted by atomic mass is 16.5. The fourth-order valence-corrected chi connectivity index (χ4v) is 1.57. The summed E-state index contributed by atoms with van der Waals surface area (Å²) in [5, 5.41) is 0. The fourth-order valence-electron chi connectivity index (χ4n) is 1.57. The monoisotopic (exact) mass is 204 g/mol. The van der Waals surface area contributed by atoms with E-state index in [-0.39, 0.29) is 6.10 Å². The highest BCUT2D eigenvalue weighted by Gasteiger charge is 2.09. The second-order valence-electron chi connectivity index (χ2n) is 3.66. The SMILES string of the molecule is C1=CCC(COCc2ccccc2)OC1.